The van der Waals surface area contributed by atoms with Crippen LogP contribution in [0.1, 0.15) is 31.2 Å². The first-order chi connectivity index (χ1) is 9.79. The van der Waals surface area contributed by atoms with E-state index in [1.54, 1.807) is 0 Å². The maximum atomic E-state index is 8.88. The molecule has 20 heavy (non-hydrogen) atoms. The standard InChI is InChI=1S/C16H18N2O2/c17-16(18-19)14-9-10-15(20-11-5-1-2-6-11)13-8-4-3-7-12(13)14/h3-4,7-11,19H,1-2,5-6H2,(H2,17,18). The number of oxime groups is 1. The third-order valence-corrected chi connectivity index (χ3v) is 3.86. The fraction of sp³-hybridized carbons (Fsp3) is 0.312. The lowest BCUT2D eigenvalue weighted by Gasteiger charge is -2.16. The molecular formula is C16H18N2O2. The molecule has 104 valence electrons. The number of nitrogens with zero attached hydrogens (tertiary/aromatic N) is 1. The van der Waals surface area contributed by atoms with Gasteiger partial charge in [-0.1, -0.05) is 29.4 Å². The summed E-state index contributed by atoms with van der Waals surface area (Å²) in [5.41, 5.74) is 6.46. The van der Waals surface area contributed by atoms with Crippen molar-refractivity contribution in [3.8, 4) is 5.75 Å². The molecule has 0 atom stereocenters. The topological polar surface area (TPSA) is 67.8 Å². The van der Waals surface area contributed by atoms with Crippen LogP contribution in [-0.4, -0.2) is 17.1 Å². The first-order valence-electron chi connectivity index (χ1n) is 6.96. The van der Waals surface area contributed by atoms with E-state index in [2.05, 4.69) is 5.16 Å². The SMILES string of the molecule is N/C(=N/O)c1ccc(OC2CCCC2)c2ccccc12. The number of amidine groups is 1. The van der Waals surface area contributed by atoms with Crippen molar-refractivity contribution in [2.75, 3.05) is 0 Å². The molecule has 1 fully saturated rings. The van der Waals surface area contributed by atoms with Crippen molar-refractivity contribution >= 4 is 16.6 Å². The third-order valence-electron chi connectivity index (χ3n) is 3.86. The maximum Gasteiger partial charge on any atom is 0.170 e. The molecule has 0 unspecified atom stereocenters. The molecule has 3 N–H and O–H groups in total. The summed E-state index contributed by atoms with van der Waals surface area (Å²) in [7, 11) is 0. The second-order valence-corrected chi connectivity index (χ2v) is 5.17. The lowest BCUT2D eigenvalue weighted by atomic mass is 10.0. The van der Waals surface area contributed by atoms with Crippen LogP contribution in [0, 0.1) is 0 Å². The molecule has 2 aromatic rings. The highest BCUT2D eigenvalue weighted by Crippen LogP contribution is 2.32. The van der Waals surface area contributed by atoms with E-state index in [0.717, 1.165) is 34.9 Å². The molecule has 0 bridgehead atoms. The third kappa shape index (κ3) is 2.29. The van der Waals surface area contributed by atoms with Crippen LogP contribution in [0.15, 0.2) is 41.6 Å². The summed E-state index contributed by atoms with van der Waals surface area (Å²) in [6, 6.07) is 11.6. The van der Waals surface area contributed by atoms with E-state index in [-0.39, 0.29) is 5.84 Å². The number of fused-ring (bicyclic) bond motifs is 1. The quantitative estimate of drug-likeness (QED) is 0.389. The Bertz CT molecular complexity index is 646. The van der Waals surface area contributed by atoms with Gasteiger partial charge < -0.3 is 15.7 Å². The van der Waals surface area contributed by atoms with E-state index in [1.807, 2.05) is 36.4 Å². The summed E-state index contributed by atoms with van der Waals surface area (Å²) in [6.45, 7) is 0. The molecule has 0 amide bonds. The summed E-state index contributed by atoms with van der Waals surface area (Å²) in [6.07, 6.45) is 5.04. The number of rotatable bonds is 3. The highest BCUT2D eigenvalue weighted by atomic mass is 16.5. The van der Waals surface area contributed by atoms with E-state index < -0.39 is 0 Å². The molecule has 1 aliphatic carbocycles. The Hall–Kier alpha value is -2.23. The Labute approximate surface area is 117 Å². The first kappa shape index (κ1) is 12.8. The summed E-state index contributed by atoms with van der Waals surface area (Å²) in [5.74, 6) is 0.996. The molecule has 2 aromatic carbocycles. The van der Waals surface area contributed by atoms with Gasteiger partial charge in [0, 0.05) is 10.9 Å². The fourth-order valence-electron chi connectivity index (χ4n) is 2.84. The van der Waals surface area contributed by atoms with Gasteiger partial charge >= 0.3 is 0 Å². The van der Waals surface area contributed by atoms with E-state index >= 15 is 0 Å². The van der Waals surface area contributed by atoms with Crippen LogP contribution in [-0.2, 0) is 0 Å². The monoisotopic (exact) mass is 270 g/mol. The average molecular weight is 270 g/mol. The second kappa shape index (κ2) is 5.41. The maximum absolute atomic E-state index is 8.88. The van der Waals surface area contributed by atoms with Crippen molar-refractivity contribution < 1.29 is 9.94 Å². The van der Waals surface area contributed by atoms with Crippen LogP contribution in [0.3, 0.4) is 0 Å². The normalized spacial score (nSPS) is 16.7. The second-order valence-electron chi connectivity index (χ2n) is 5.17. The highest BCUT2D eigenvalue weighted by Gasteiger charge is 2.18. The molecule has 4 heteroatoms. The van der Waals surface area contributed by atoms with Gasteiger partial charge in [-0.2, -0.15) is 0 Å². The lowest BCUT2D eigenvalue weighted by Crippen LogP contribution is -2.15. The number of benzene rings is 2. The van der Waals surface area contributed by atoms with Crippen molar-refractivity contribution in [2.45, 2.75) is 31.8 Å². The molecule has 0 radical (unpaired) electrons. The molecule has 1 aliphatic rings. The van der Waals surface area contributed by atoms with Crippen molar-refractivity contribution in [1.82, 2.24) is 0 Å². The van der Waals surface area contributed by atoms with Gasteiger partial charge in [-0.25, -0.2) is 0 Å². The minimum Gasteiger partial charge on any atom is -0.490 e. The number of ether oxygens (including phenoxy) is 1. The van der Waals surface area contributed by atoms with E-state index in [0.29, 0.717) is 6.10 Å². The molecule has 4 nitrogen and oxygen atoms in total. The minimum absolute atomic E-state index is 0.119. The van der Waals surface area contributed by atoms with Gasteiger partial charge in [0.1, 0.15) is 5.75 Å². The van der Waals surface area contributed by atoms with Gasteiger partial charge in [-0.3, -0.25) is 0 Å². The molecule has 0 spiro atoms. The summed E-state index contributed by atoms with van der Waals surface area (Å²) < 4.78 is 6.11. The number of hydrogen-bond acceptors (Lipinski definition) is 3. The van der Waals surface area contributed by atoms with Gasteiger partial charge in [0.15, 0.2) is 5.84 Å². The van der Waals surface area contributed by atoms with Crippen LogP contribution < -0.4 is 10.5 Å². The molecule has 3 rings (SSSR count). The zero-order chi connectivity index (χ0) is 13.9. The Morgan fingerprint density at radius 1 is 1.10 bits per heavy atom. The molecule has 0 aromatic heterocycles. The minimum atomic E-state index is 0.119. The Balaban J connectivity index is 2.06. The van der Waals surface area contributed by atoms with Crippen molar-refractivity contribution in [3.05, 3.63) is 42.0 Å². The van der Waals surface area contributed by atoms with E-state index in [9.17, 15) is 0 Å². The summed E-state index contributed by atoms with van der Waals surface area (Å²) >= 11 is 0. The largest absolute Gasteiger partial charge is 0.490 e. The van der Waals surface area contributed by atoms with Crippen molar-refractivity contribution in [3.63, 3.8) is 0 Å². The van der Waals surface area contributed by atoms with Crippen molar-refractivity contribution in [1.29, 1.82) is 0 Å². The van der Waals surface area contributed by atoms with Crippen LogP contribution in [0.25, 0.3) is 10.8 Å². The van der Waals surface area contributed by atoms with Gasteiger partial charge in [-0.05, 0) is 43.2 Å². The van der Waals surface area contributed by atoms with Gasteiger partial charge in [0.2, 0.25) is 0 Å². The summed E-state index contributed by atoms with van der Waals surface area (Å²) in [5, 5.41) is 13.9. The lowest BCUT2D eigenvalue weighted by molar-refractivity contribution is 0.213. The van der Waals surface area contributed by atoms with Crippen molar-refractivity contribution in [2.24, 2.45) is 10.9 Å². The molecular weight excluding hydrogens is 252 g/mol. The van der Waals surface area contributed by atoms with Crippen LogP contribution in [0.5, 0.6) is 5.75 Å². The van der Waals surface area contributed by atoms with Gasteiger partial charge in [0.25, 0.3) is 0 Å². The zero-order valence-corrected chi connectivity index (χ0v) is 11.2. The van der Waals surface area contributed by atoms with Gasteiger partial charge in [-0.15, -0.1) is 0 Å². The molecule has 0 aliphatic heterocycles. The average Bonchev–Trinajstić information content (AvgIpc) is 3.00. The predicted octanol–water partition coefficient (Wildman–Crippen LogP) is 3.26. The number of hydrogen-bond donors (Lipinski definition) is 2. The van der Waals surface area contributed by atoms with E-state index in [4.69, 9.17) is 15.7 Å². The smallest absolute Gasteiger partial charge is 0.170 e. The predicted molar refractivity (Wildman–Crippen MR) is 79.3 cm³/mol. The highest BCUT2D eigenvalue weighted by molar-refractivity contribution is 6.10. The Morgan fingerprint density at radius 2 is 1.80 bits per heavy atom. The molecule has 0 saturated heterocycles. The van der Waals surface area contributed by atoms with Crippen LogP contribution in [0.2, 0.25) is 0 Å². The van der Waals surface area contributed by atoms with Crippen LogP contribution >= 0.6 is 0 Å². The molecule has 0 heterocycles. The first-order valence-corrected chi connectivity index (χ1v) is 6.96. The Morgan fingerprint density at radius 3 is 2.50 bits per heavy atom. The van der Waals surface area contributed by atoms with Crippen LogP contribution in [0.4, 0.5) is 0 Å². The van der Waals surface area contributed by atoms with Gasteiger partial charge in [0.05, 0.1) is 6.10 Å². The Kier molecular flexibility index (Phi) is 3.46. The summed E-state index contributed by atoms with van der Waals surface area (Å²) in [4.78, 5) is 0. The zero-order valence-electron chi connectivity index (χ0n) is 11.2. The fourth-order valence-corrected chi connectivity index (χ4v) is 2.84. The molecule has 1 saturated carbocycles. The number of nitrogens with two attached hydrogens (primary N) is 1. The van der Waals surface area contributed by atoms with E-state index in [1.165, 1.54) is 12.8 Å².